The number of aromatic hydroxyl groups is 1. The van der Waals surface area contributed by atoms with E-state index in [1.807, 2.05) is 4.90 Å². The number of hydrogen-bond donors (Lipinski definition) is 1. The van der Waals surface area contributed by atoms with E-state index in [-0.39, 0.29) is 50.8 Å². The van der Waals surface area contributed by atoms with E-state index in [0.29, 0.717) is 61.6 Å². The zero-order valence-electron chi connectivity index (χ0n) is 28.9. The summed E-state index contributed by atoms with van der Waals surface area (Å²) >= 11 is 0. The fourth-order valence-corrected chi connectivity index (χ4v) is 9.04. The number of hydrogen-bond acceptors (Lipinski definition) is 10. The van der Waals surface area contributed by atoms with Crippen LogP contribution in [0.15, 0.2) is 24.3 Å². The van der Waals surface area contributed by atoms with Gasteiger partial charge < -0.3 is 29.0 Å². The zero-order chi connectivity index (χ0) is 35.1. The van der Waals surface area contributed by atoms with Crippen molar-refractivity contribution < 1.29 is 32.8 Å². The smallest absolute Gasteiger partial charge is 0.319 e. The van der Waals surface area contributed by atoms with Gasteiger partial charge in [0.1, 0.15) is 34.0 Å². The lowest BCUT2D eigenvalue weighted by Gasteiger charge is -2.50. The second-order valence-electron chi connectivity index (χ2n) is 14.2. The fourth-order valence-electron chi connectivity index (χ4n) is 9.04. The van der Waals surface area contributed by atoms with Crippen molar-refractivity contribution >= 4 is 27.5 Å². The Hall–Kier alpha value is -4.31. The number of halogens is 2. The topological polar surface area (TPSA) is 102 Å². The number of anilines is 1. The fraction of sp³-hybridized carbons (Fsp3) is 0.513. The maximum Gasteiger partial charge on any atom is 0.319 e. The maximum absolute atomic E-state index is 17.2. The molecule has 10 nitrogen and oxygen atoms in total. The van der Waals surface area contributed by atoms with E-state index < -0.39 is 11.6 Å². The number of phenols is 1. The average Bonchev–Trinajstić information content (AvgIpc) is 3.40. The molecule has 0 unspecified atom stereocenters. The van der Waals surface area contributed by atoms with Crippen molar-refractivity contribution in [3.8, 4) is 41.2 Å². The van der Waals surface area contributed by atoms with Crippen LogP contribution in [0.4, 0.5) is 14.6 Å². The number of aromatic nitrogens is 3. The molecular formula is C39H43F2N5O5. The Morgan fingerprint density at radius 1 is 0.961 bits per heavy atom. The molecule has 2 aromatic carbocycles. The van der Waals surface area contributed by atoms with Crippen molar-refractivity contribution in [1.29, 1.82) is 0 Å². The van der Waals surface area contributed by atoms with Gasteiger partial charge in [0.2, 0.25) is 5.88 Å². The lowest BCUT2D eigenvalue weighted by molar-refractivity contribution is -0.0511. The Bertz CT molecular complexity index is 1990. The molecule has 1 saturated carbocycles. The van der Waals surface area contributed by atoms with Gasteiger partial charge in [-0.2, -0.15) is 9.97 Å². The van der Waals surface area contributed by atoms with Gasteiger partial charge in [0.25, 0.3) is 0 Å². The van der Waals surface area contributed by atoms with Gasteiger partial charge in [0.05, 0.1) is 25.9 Å². The molecule has 3 saturated heterocycles. The number of rotatable bonds is 7. The van der Waals surface area contributed by atoms with Crippen LogP contribution < -0.4 is 14.4 Å². The summed E-state index contributed by atoms with van der Waals surface area (Å²) < 4.78 is 56.0. The van der Waals surface area contributed by atoms with Gasteiger partial charge in [0, 0.05) is 61.4 Å². The van der Waals surface area contributed by atoms with Gasteiger partial charge in [-0.15, -0.1) is 6.42 Å². The van der Waals surface area contributed by atoms with Crippen LogP contribution in [0.1, 0.15) is 56.9 Å². The number of pyridine rings is 1. The summed E-state index contributed by atoms with van der Waals surface area (Å²) in [4.78, 5) is 19.0. The van der Waals surface area contributed by atoms with Crippen LogP contribution in [0.25, 0.3) is 32.9 Å². The molecule has 1 N–H and O–H groups in total. The number of fused-ring (bicyclic) bond motifs is 3. The summed E-state index contributed by atoms with van der Waals surface area (Å²) in [7, 11) is 1.45. The molecule has 4 fully saturated rings. The normalized spacial score (nSPS) is 23.3. The number of phenolic OH excluding ortho intramolecular Hbond substituents is 1. The standard InChI is InChI=1S/C39H43F2N5O5/c1-3-27-29(40)9-8-24-21-26(47)22-28(31(24)27)34-33(41)35-32(37(42-34)48-2)36(45-14-6-17-49-20-16-45)44-38(43-35)51-23-39-12-4-7-30(39)46(15-5-13-39)25-10-18-50-19-11-25/h1,8-9,21-22,25,30,47H,4-7,10-20,23H2,2H3/t30-,39-/m1/s1. The molecule has 1 aliphatic carbocycles. The van der Waals surface area contributed by atoms with Crippen LogP contribution in [0.3, 0.4) is 0 Å². The highest BCUT2D eigenvalue weighted by molar-refractivity contribution is 6.04. The predicted octanol–water partition coefficient (Wildman–Crippen LogP) is 6.24. The molecule has 4 aliphatic rings. The molecule has 0 radical (unpaired) electrons. The number of terminal acetylenes is 1. The van der Waals surface area contributed by atoms with E-state index >= 15 is 8.78 Å². The summed E-state index contributed by atoms with van der Waals surface area (Å²) in [5.74, 6) is 1.34. The van der Waals surface area contributed by atoms with Crippen LogP contribution in [0.5, 0.6) is 17.6 Å². The minimum Gasteiger partial charge on any atom is -0.508 e. The number of ether oxygens (including phenoxy) is 4. The van der Waals surface area contributed by atoms with Gasteiger partial charge in [-0.25, -0.2) is 13.8 Å². The first kappa shape index (κ1) is 33.8. The van der Waals surface area contributed by atoms with Crippen LogP contribution in [-0.2, 0) is 9.47 Å². The van der Waals surface area contributed by atoms with Crippen molar-refractivity contribution in [2.24, 2.45) is 5.41 Å². The second kappa shape index (κ2) is 14.0. The summed E-state index contributed by atoms with van der Waals surface area (Å²) in [6, 6.07) is 6.48. The Morgan fingerprint density at radius 2 is 1.78 bits per heavy atom. The van der Waals surface area contributed by atoms with Crippen LogP contribution >= 0.6 is 0 Å². The molecule has 3 aliphatic heterocycles. The molecular weight excluding hydrogens is 656 g/mol. The highest BCUT2D eigenvalue weighted by atomic mass is 19.1. The SMILES string of the molecule is C#Cc1c(F)ccc2cc(O)cc(-c3nc(OC)c4c(N5CCCOCC5)nc(OC[C@]56CCC[C@H]5N(C5CCOCC5)CCC6)nc4c3F)c12. The van der Waals surface area contributed by atoms with Crippen LogP contribution in [0.2, 0.25) is 0 Å². The molecule has 12 heteroatoms. The monoisotopic (exact) mass is 699 g/mol. The minimum absolute atomic E-state index is 0.0508. The Morgan fingerprint density at radius 3 is 2.61 bits per heavy atom. The molecule has 0 spiro atoms. The van der Waals surface area contributed by atoms with E-state index in [1.165, 1.54) is 31.4 Å². The number of piperidine rings is 1. The lowest BCUT2D eigenvalue weighted by Crippen LogP contribution is -2.56. The van der Waals surface area contributed by atoms with Gasteiger partial charge in [-0.3, -0.25) is 4.90 Å². The summed E-state index contributed by atoms with van der Waals surface area (Å²) in [6.45, 7) is 5.32. The van der Waals surface area contributed by atoms with Crippen molar-refractivity contribution in [2.45, 2.75) is 63.5 Å². The first-order valence-corrected chi connectivity index (χ1v) is 18.1. The predicted molar refractivity (Wildman–Crippen MR) is 189 cm³/mol. The first-order valence-electron chi connectivity index (χ1n) is 18.1. The quantitative estimate of drug-likeness (QED) is 0.223. The van der Waals surface area contributed by atoms with Gasteiger partial charge in [-0.1, -0.05) is 18.4 Å². The number of likely N-dealkylation sites (tertiary alicyclic amines) is 1. The lowest BCUT2D eigenvalue weighted by atomic mass is 9.74. The zero-order valence-corrected chi connectivity index (χ0v) is 28.9. The van der Waals surface area contributed by atoms with Gasteiger partial charge >= 0.3 is 6.01 Å². The summed E-state index contributed by atoms with van der Waals surface area (Å²) in [5, 5.41) is 11.7. The molecule has 0 bridgehead atoms. The van der Waals surface area contributed by atoms with E-state index in [1.54, 1.807) is 0 Å². The second-order valence-corrected chi connectivity index (χ2v) is 14.2. The van der Waals surface area contributed by atoms with Crippen molar-refractivity contribution in [1.82, 2.24) is 19.9 Å². The van der Waals surface area contributed by atoms with Gasteiger partial charge in [-0.05, 0) is 75.1 Å². The molecule has 8 rings (SSSR count). The van der Waals surface area contributed by atoms with Crippen molar-refractivity contribution in [2.75, 3.05) is 64.7 Å². The molecule has 51 heavy (non-hydrogen) atoms. The third kappa shape index (κ3) is 6.09. The highest BCUT2D eigenvalue weighted by Crippen LogP contribution is 2.49. The van der Waals surface area contributed by atoms with E-state index in [9.17, 15) is 5.11 Å². The highest BCUT2D eigenvalue weighted by Gasteiger charge is 2.50. The number of methoxy groups -OCH3 is 1. The molecule has 0 amide bonds. The Balaban J connectivity index is 1.25. The minimum atomic E-state index is -0.787. The maximum atomic E-state index is 17.2. The number of nitrogens with zero attached hydrogens (tertiary/aromatic N) is 5. The third-order valence-electron chi connectivity index (χ3n) is 11.4. The molecule has 268 valence electrons. The molecule has 2 aromatic heterocycles. The van der Waals surface area contributed by atoms with Crippen molar-refractivity contribution in [3.63, 3.8) is 0 Å². The van der Waals surface area contributed by atoms with Crippen molar-refractivity contribution in [3.05, 3.63) is 41.5 Å². The molecule has 4 aromatic rings. The van der Waals surface area contributed by atoms with Gasteiger partial charge in [0.15, 0.2) is 5.82 Å². The average molecular weight is 700 g/mol. The molecule has 5 heterocycles. The van der Waals surface area contributed by atoms with Crippen LogP contribution in [0, 0.1) is 29.4 Å². The summed E-state index contributed by atoms with van der Waals surface area (Å²) in [5.41, 5.74) is -0.242. The molecule has 2 atom stereocenters. The number of benzene rings is 2. The van der Waals surface area contributed by atoms with E-state index in [4.69, 9.17) is 35.3 Å². The van der Waals surface area contributed by atoms with E-state index in [0.717, 1.165) is 71.1 Å². The third-order valence-corrected chi connectivity index (χ3v) is 11.4. The van der Waals surface area contributed by atoms with Crippen LogP contribution in [-0.4, -0.2) is 96.8 Å². The Kier molecular flexibility index (Phi) is 9.29. The van der Waals surface area contributed by atoms with E-state index in [2.05, 4.69) is 15.8 Å². The Labute approximate surface area is 296 Å². The largest absolute Gasteiger partial charge is 0.508 e. The first-order chi connectivity index (χ1) is 24.9. The summed E-state index contributed by atoms with van der Waals surface area (Å²) in [6.07, 6.45) is 14.0.